The molecule has 7 nitrogen and oxygen atoms in total. The molecule has 7 heteroatoms. The maximum absolute atomic E-state index is 13.4. The van der Waals surface area contributed by atoms with Crippen LogP contribution in [0.3, 0.4) is 0 Å². The van der Waals surface area contributed by atoms with Crippen molar-refractivity contribution in [3.05, 3.63) is 70.8 Å². The summed E-state index contributed by atoms with van der Waals surface area (Å²) in [6.07, 6.45) is 3.21. The fraction of sp³-hybridized carbons (Fsp3) is 0.321. The highest BCUT2D eigenvalue weighted by Gasteiger charge is 2.41. The van der Waals surface area contributed by atoms with Gasteiger partial charge in [-0.25, -0.2) is 9.59 Å². The van der Waals surface area contributed by atoms with Crippen LogP contribution < -0.4 is 16.0 Å². The van der Waals surface area contributed by atoms with Crippen molar-refractivity contribution in [2.24, 2.45) is 0 Å². The summed E-state index contributed by atoms with van der Waals surface area (Å²) >= 11 is 0. The second kappa shape index (κ2) is 9.78. The number of hydrogen-bond donors (Lipinski definition) is 4. The molecule has 0 bridgehead atoms. The van der Waals surface area contributed by atoms with Gasteiger partial charge < -0.3 is 21.1 Å². The molecule has 35 heavy (non-hydrogen) atoms. The standard InChI is InChI=1S/C28H31N3O4/c1-17-13-18(2)24(19(3)14-17)30-27(35)29-23-16-21-10-6-5-9-20(21)15-22(23)25(32)31-28(26(33)34)11-7-4-8-12-28/h5-6,9-10,13-16H,4,7-8,11-12H2,1-3H3,(H,31,32)(H,33,34)(H2,29,30,35). The molecule has 4 N–H and O–H groups in total. The lowest BCUT2D eigenvalue weighted by Gasteiger charge is -2.34. The molecule has 0 radical (unpaired) electrons. The van der Waals surface area contributed by atoms with Crippen LogP contribution >= 0.6 is 0 Å². The number of aryl methyl sites for hydroxylation is 3. The fourth-order valence-electron chi connectivity index (χ4n) is 5.01. The van der Waals surface area contributed by atoms with Crippen molar-refractivity contribution >= 4 is 40.1 Å². The normalized spacial score (nSPS) is 14.8. The van der Waals surface area contributed by atoms with Gasteiger partial charge in [0.25, 0.3) is 5.91 Å². The van der Waals surface area contributed by atoms with Crippen LogP contribution in [0.15, 0.2) is 48.5 Å². The van der Waals surface area contributed by atoms with E-state index in [1.165, 1.54) is 0 Å². The second-order valence-electron chi connectivity index (χ2n) is 9.50. The van der Waals surface area contributed by atoms with E-state index < -0.39 is 23.4 Å². The molecule has 0 aromatic heterocycles. The lowest BCUT2D eigenvalue weighted by Crippen LogP contribution is -2.55. The fourth-order valence-corrected chi connectivity index (χ4v) is 5.01. The molecule has 0 atom stereocenters. The molecule has 1 aliphatic carbocycles. The van der Waals surface area contributed by atoms with Gasteiger partial charge in [-0.05, 0) is 67.6 Å². The maximum atomic E-state index is 13.4. The summed E-state index contributed by atoms with van der Waals surface area (Å²) in [6, 6.07) is 14.5. The summed E-state index contributed by atoms with van der Waals surface area (Å²) < 4.78 is 0. The number of urea groups is 1. The van der Waals surface area contributed by atoms with Crippen LogP contribution in [0, 0.1) is 20.8 Å². The monoisotopic (exact) mass is 473 g/mol. The number of amides is 3. The van der Waals surface area contributed by atoms with E-state index in [1.807, 2.05) is 57.2 Å². The highest BCUT2D eigenvalue weighted by atomic mass is 16.4. The van der Waals surface area contributed by atoms with Gasteiger partial charge >= 0.3 is 12.0 Å². The zero-order valence-electron chi connectivity index (χ0n) is 20.3. The Morgan fingerprint density at radius 1 is 0.829 bits per heavy atom. The van der Waals surface area contributed by atoms with E-state index >= 15 is 0 Å². The number of aliphatic carboxylic acids is 1. The molecule has 0 aliphatic heterocycles. The van der Waals surface area contributed by atoms with E-state index in [1.54, 1.807) is 12.1 Å². The van der Waals surface area contributed by atoms with Crippen LogP contribution in [0.25, 0.3) is 10.8 Å². The Morgan fingerprint density at radius 3 is 2.03 bits per heavy atom. The second-order valence-corrected chi connectivity index (χ2v) is 9.50. The first-order valence-corrected chi connectivity index (χ1v) is 11.9. The quantitative estimate of drug-likeness (QED) is 0.368. The number of benzene rings is 3. The summed E-state index contributed by atoms with van der Waals surface area (Å²) in [5.74, 6) is -1.54. The smallest absolute Gasteiger partial charge is 0.329 e. The van der Waals surface area contributed by atoms with Gasteiger partial charge in [-0.2, -0.15) is 0 Å². The summed E-state index contributed by atoms with van der Waals surface area (Å²) in [4.78, 5) is 38.5. The number of nitrogens with one attached hydrogen (secondary N) is 3. The molecule has 0 spiro atoms. The van der Waals surface area contributed by atoms with Gasteiger partial charge in [0.05, 0.1) is 11.3 Å². The Labute approximate surface area is 204 Å². The Morgan fingerprint density at radius 2 is 1.43 bits per heavy atom. The third-order valence-corrected chi connectivity index (χ3v) is 6.76. The van der Waals surface area contributed by atoms with Gasteiger partial charge in [-0.1, -0.05) is 61.2 Å². The summed E-state index contributed by atoms with van der Waals surface area (Å²) in [7, 11) is 0. The van der Waals surface area contributed by atoms with E-state index in [0.717, 1.165) is 46.7 Å². The highest BCUT2D eigenvalue weighted by molar-refractivity contribution is 6.10. The Bertz CT molecular complexity index is 1290. The minimum atomic E-state index is -1.30. The average molecular weight is 474 g/mol. The van der Waals surface area contributed by atoms with E-state index in [-0.39, 0.29) is 5.56 Å². The van der Waals surface area contributed by atoms with Crippen LogP contribution in [-0.4, -0.2) is 28.6 Å². The number of carboxylic acid groups (broad SMARTS) is 1. The lowest BCUT2D eigenvalue weighted by molar-refractivity contribution is -0.145. The van der Waals surface area contributed by atoms with Crippen LogP contribution in [0.4, 0.5) is 16.2 Å². The van der Waals surface area contributed by atoms with Gasteiger partial charge in [0, 0.05) is 5.69 Å². The van der Waals surface area contributed by atoms with Gasteiger partial charge in [0.1, 0.15) is 5.54 Å². The van der Waals surface area contributed by atoms with Crippen LogP contribution in [0.1, 0.15) is 59.2 Å². The lowest BCUT2D eigenvalue weighted by atomic mass is 9.81. The molecule has 3 aromatic rings. The molecular formula is C28H31N3O4. The van der Waals surface area contributed by atoms with Crippen molar-refractivity contribution in [3.8, 4) is 0 Å². The van der Waals surface area contributed by atoms with E-state index in [0.29, 0.717) is 24.2 Å². The first-order valence-electron chi connectivity index (χ1n) is 11.9. The predicted octanol–water partition coefficient (Wildman–Crippen LogP) is 5.93. The third kappa shape index (κ3) is 5.14. The molecular weight excluding hydrogens is 442 g/mol. The SMILES string of the molecule is Cc1cc(C)c(NC(=O)Nc2cc3ccccc3cc2C(=O)NC2(C(=O)O)CCCCC2)c(C)c1. The molecule has 182 valence electrons. The minimum Gasteiger partial charge on any atom is -0.480 e. The van der Waals surface area contributed by atoms with Gasteiger partial charge in [-0.15, -0.1) is 0 Å². The molecule has 1 aliphatic rings. The first-order chi connectivity index (χ1) is 16.7. The number of carboxylic acids is 1. The third-order valence-electron chi connectivity index (χ3n) is 6.76. The Balaban J connectivity index is 1.66. The van der Waals surface area contributed by atoms with Crippen LogP contribution in [-0.2, 0) is 4.79 Å². The van der Waals surface area contributed by atoms with Gasteiger partial charge in [-0.3, -0.25) is 4.79 Å². The van der Waals surface area contributed by atoms with E-state index in [4.69, 9.17) is 0 Å². The number of hydrogen-bond acceptors (Lipinski definition) is 3. The van der Waals surface area contributed by atoms with E-state index in [2.05, 4.69) is 16.0 Å². The van der Waals surface area contributed by atoms with E-state index in [9.17, 15) is 19.5 Å². The van der Waals surface area contributed by atoms with Crippen LogP contribution in [0.5, 0.6) is 0 Å². The summed E-state index contributed by atoms with van der Waals surface area (Å²) in [5, 5.41) is 20.1. The summed E-state index contributed by atoms with van der Waals surface area (Å²) in [5.41, 5.74) is 2.95. The highest BCUT2D eigenvalue weighted by Crippen LogP contribution is 2.31. The van der Waals surface area contributed by atoms with Crippen molar-refractivity contribution in [2.75, 3.05) is 10.6 Å². The van der Waals surface area contributed by atoms with Gasteiger partial charge in [0.15, 0.2) is 0 Å². The van der Waals surface area contributed by atoms with Crippen molar-refractivity contribution in [1.29, 1.82) is 0 Å². The maximum Gasteiger partial charge on any atom is 0.329 e. The average Bonchev–Trinajstić information content (AvgIpc) is 2.81. The molecule has 3 amide bonds. The topological polar surface area (TPSA) is 108 Å². The number of anilines is 2. The number of carbonyl (C=O) groups is 3. The van der Waals surface area contributed by atoms with Crippen molar-refractivity contribution in [3.63, 3.8) is 0 Å². The summed E-state index contributed by atoms with van der Waals surface area (Å²) in [6.45, 7) is 5.86. The zero-order chi connectivity index (χ0) is 25.2. The van der Waals surface area contributed by atoms with Crippen molar-refractivity contribution in [1.82, 2.24) is 5.32 Å². The molecule has 3 aromatic carbocycles. The number of fused-ring (bicyclic) bond motifs is 1. The first kappa shape index (κ1) is 24.3. The molecule has 1 saturated carbocycles. The Kier molecular flexibility index (Phi) is 6.78. The molecule has 1 fully saturated rings. The minimum absolute atomic E-state index is 0.224. The number of rotatable bonds is 5. The van der Waals surface area contributed by atoms with Crippen LogP contribution in [0.2, 0.25) is 0 Å². The zero-order valence-corrected chi connectivity index (χ0v) is 20.3. The van der Waals surface area contributed by atoms with Crippen molar-refractivity contribution in [2.45, 2.75) is 58.4 Å². The molecule has 0 saturated heterocycles. The largest absolute Gasteiger partial charge is 0.480 e. The molecule has 0 unspecified atom stereocenters. The number of carbonyl (C=O) groups excluding carboxylic acids is 2. The molecule has 4 rings (SSSR count). The molecule has 0 heterocycles. The van der Waals surface area contributed by atoms with Crippen molar-refractivity contribution < 1.29 is 19.5 Å². The van der Waals surface area contributed by atoms with Gasteiger partial charge in [0.2, 0.25) is 0 Å². The Hall–Kier alpha value is -3.87. The predicted molar refractivity (Wildman–Crippen MR) is 138 cm³/mol.